The first kappa shape index (κ1) is 15.9. The van der Waals surface area contributed by atoms with Crippen LogP contribution in [0, 0.1) is 0 Å². The summed E-state index contributed by atoms with van der Waals surface area (Å²) in [6.07, 6.45) is 1.00. The quantitative estimate of drug-likeness (QED) is 0.916. The summed E-state index contributed by atoms with van der Waals surface area (Å²) >= 11 is 3.14. The Bertz CT molecular complexity index is 615. The molecule has 1 aromatic heterocycles. The van der Waals surface area contributed by atoms with Crippen LogP contribution in [0.2, 0.25) is 0 Å². The van der Waals surface area contributed by atoms with Gasteiger partial charge in [-0.25, -0.2) is 9.78 Å². The molecule has 1 amide bonds. The summed E-state index contributed by atoms with van der Waals surface area (Å²) in [7, 11) is 0. The number of ether oxygens (including phenoxy) is 1. The molecule has 1 aromatic carbocycles. The third-order valence-corrected chi connectivity index (χ3v) is 4.89. The van der Waals surface area contributed by atoms with Gasteiger partial charge in [-0.3, -0.25) is 0 Å². The molecule has 0 bridgehead atoms. The van der Waals surface area contributed by atoms with Gasteiger partial charge in [-0.05, 0) is 23.1 Å². The fourth-order valence-electron chi connectivity index (χ4n) is 1.68. The molecule has 0 unspecified atom stereocenters. The Balaban J connectivity index is 2.00. The van der Waals surface area contributed by atoms with Crippen LogP contribution >= 0.6 is 23.1 Å². The van der Waals surface area contributed by atoms with Gasteiger partial charge in [-0.1, -0.05) is 44.7 Å². The maximum absolute atomic E-state index is 10.6. The van der Waals surface area contributed by atoms with E-state index in [0.29, 0.717) is 0 Å². The fraction of sp³-hybridized carbons (Fsp3) is 0.333. The van der Waals surface area contributed by atoms with E-state index >= 15 is 0 Å². The van der Waals surface area contributed by atoms with Gasteiger partial charge in [0, 0.05) is 4.90 Å². The summed E-state index contributed by atoms with van der Waals surface area (Å²) in [5.41, 5.74) is 6.40. The van der Waals surface area contributed by atoms with E-state index in [2.05, 4.69) is 50.0 Å². The third kappa shape index (κ3) is 4.75. The molecule has 0 radical (unpaired) electrons. The summed E-state index contributed by atoms with van der Waals surface area (Å²) in [5.74, 6) is 0. The summed E-state index contributed by atoms with van der Waals surface area (Å²) in [6.45, 7) is 6.72. The Kier molecular flexibility index (Phi) is 4.90. The van der Waals surface area contributed by atoms with Crippen molar-refractivity contribution in [2.24, 2.45) is 5.73 Å². The molecule has 2 aromatic rings. The van der Waals surface area contributed by atoms with Crippen molar-refractivity contribution in [1.29, 1.82) is 0 Å². The van der Waals surface area contributed by atoms with Crippen LogP contribution in [0.1, 0.15) is 31.3 Å². The van der Waals surface area contributed by atoms with Gasteiger partial charge in [0.05, 0.1) is 10.4 Å². The molecule has 6 heteroatoms. The van der Waals surface area contributed by atoms with E-state index < -0.39 is 6.09 Å². The maximum atomic E-state index is 10.6. The minimum absolute atomic E-state index is 0.128. The van der Waals surface area contributed by atoms with Gasteiger partial charge >= 0.3 is 6.09 Å². The maximum Gasteiger partial charge on any atom is 0.404 e. The average molecular weight is 322 g/mol. The molecule has 2 N–H and O–H groups in total. The smallest absolute Gasteiger partial charge is 0.404 e. The second-order valence-electron chi connectivity index (χ2n) is 5.56. The number of carbonyl (C=O) groups excluding carboxylic acids is 1. The Hall–Kier alpha value is -1.53. The molecule has 0 aliphatic rings. The minimum Gasteiger partial charge on any atom is -0.442 e. The Morgan fingerprint density at radius 3 is 2.57 bits per heavy atom. The van der Waals surface area contributed by atoms with E-state index in [1.807, 2.05) is 0 Å². The summed E-state index contributed by atoms with van der Waals surface area (Å²) in [5, 5.41) is 0.739. The van der Waals surface area contributed by atoms with Crippen molar-refractivity contribution < 1.29 is 9.53 Å². The second-order valence-corrected chi connectivity index (χ2v) is 8.05. The number of hydrogen-bond donors (Lipinski definition) is 1. The van der Waals surface area contributed by atoms with E-state index in [0.717, 1.165) is 14.1 Å². The Morgan fingerprint density at radius 2 is 2.00 bits per heavy atom. The number of rotatable bonds is 4. The first-order chi connectivity index (χ1) is 9.84. The molecule has 0 saturated heterocycles. The third-order valence-electron chi connectivity index (χ3n) is 2.81. The fourth-order valence-corrected chi connectivity index (χ4v) is 3.59. The first-order valence-corrected chi connectivity index (χ1v) is 8.13. The minimum atomic E-state index is -0.780. The number of aromatic nitrogens is 1. The lowest BCUT2D eigenvalue weighted by atomic mass is 9.87. The van der Waals surface area contributed by atoms with Crippen LogP contribution in [-0.4, -0.2) is 11.1 Å². The van der Waals surface area contributed by atoms with Crippen LogP contribution in [-0.2, 0) is 16.8 Å². The number of benzene rings is 1. The van der Waals surface area contributed by atoms with Crippen molar-refractivity contribution in [3.05, 3.63) is 41.0 Å². The van der Waals surface area contributed by atoms with Crippen LogP contribution in [0.25, 0.3) is 0 Å². The predicted molar refractivity (Wildman–Crippen MR) is 85.8 cm³/mol. The Labute approximate surface area is 132 Å². The van der Waals surface area contributed by atoms with Crippen LogP contribution < -0.4 is 5.73 Å². The lowest BCUT2D eigenvalue weighted by molar-refractivity contribution is 0.150. The van der Waals surface area contributed by atoms with E-state index in [1.165, 1.54) is 16.9 Å². The molecule has 0 aliphatic carbocycles. The average Bonchev–Trinajstić information content (AvgIpc) is 2.83. The molecule has 2 rings (SSSR count). The molecule has 0 spiro atoms. The number of thiazole rings is 1. The zero-order valence-corrected chi connectivity index (χ0v) is 13.9. The highest BCUT2D eigenvalue weighted by Crippen LogP contribution is 2.33. The summed E-state index contributed by atoms with van der Waals surface area (Å²) in [4.78, 5) is 15.9. The van der Waals surface area contributed by atoms with E-state index in [9.17, 15) is 4.79 Å². The highest BCUT2D eigenvalue weighted by molar-refractivity contribution is 8.01. The predicted octanol–water partition coefficient (Wildman–Crippen LogP) is 4.19. The number of amides is 1. The number of hydrogen-bond acceptors (Lipinski definition) is 5. The second kappa shape index (κ2) is 6.49. The van der Waals surface area contributed by atoms with Gasteiger partial charge in [0.2, 0.25) is 0 Å². The van der Waals surface area contributed by atoms with Gasteiger partial charge in [-0.2, -0.15) is 0 Å². The number of carbonyl (C=O) groups is 1. The molecular formula is C15H18N2O2S2. The highest BCUT2D eigenvalue weighted by atomic mass is 32.2. The van der Waals surface area contributed by atoms with Crippen molar-refractivity contribution in [2.45, 2.75) is 41.9 Å². The standard InChI is InChI=1S/C15H18N2O2S2/c1-15(2,3)10-4-6-11(7-5-10)20-13-8-17-12(21-13)9-19-14(16)18/h4-8H,9H2,1-3H3,(H2,16,18). The van der Waals surface area contributed by atoms with E-state index in [1.54, 1.807) is 18.0 Å². The first-order valence-electron chi connectivity index (χ1n) is 6.50. The van der Waals surface area contributed by atoms with Crippen molar-refractivity contribution in [3.8, 4) is 0 Å². The molecule has 21 heavy (non-hydrogen) atoms. The van der Waals surface area contributed by atoms with Crippen LogP contribution in [0.5, 0.6) is 0 Å². The summed E-state index contributed by atoms with van der Waals surface area (Å²) in [6, 6.07) is 8.54. The van der Waals surface area contributed by atoms with Gasteiger partial charge < -0.3 is 10.5 Å². The number of primary amides is 1. The monoisotopic (exact) mass is 322 g/mol. The molecule has 4 nitrogen and oxygen atoms in total. The lowest BCUT2D eigenvalue weighted by Crippen LogP contribution is -2.12. The van der Waals surface area contributed by atoms with Gasteiger partial charge in [0.25, 0.3) is 0 Å². The SMILES string of the molecule is CC(C)(C)c1ccc(Sc2cnc(COC(N)=O)s2)cc1. The van der Waals surface area contributed by atoms with Crippen LogP contribution in [0.3, 0.4) is 0 Å². The normalized spacial score (nSPS) is 11.4. The molecule has 0 atom stereocenters. The molecule has 1 heterocycles. The molecule has 0 aliphatic heterocycles. The Morgan fingerprint density at radius 1 is 1.33 bits per heavy atom. The van der Waals surface area contributed by atoms with E-state index in [-0.39, 0.29) is 12.0 Å². The largest absolute Gasteiger partial charge is 0.442 e. The van der Waals surface area contributed by atoms with Crippen molar-refractivity contribution in [2.75, 3.05) is 0 Å². The van der Waals surface area contributed by atoms with Gasteiger partial charge in [-0.15, -0.1) is 11.3 Å². The van der Waals surface area contributed by atoms with E-state index in [4.69, 9.17) is 10.5 Å². The van der Waals surface area contributed by atoms with Crippen LogP contribution in [0.4, 0.5) is 4.79 Å². The highest BCUT2D eigenvalue weighted by Gasteiger charge is 2.13. The zero-order valence-electron chi connectivity index (χ0n) is 12.3. The molecule has 112 valence electrons. The molecular weight excluding hydrogens is 304 g/mol. The number of nitrogens with zero attached hydrogens (tertiary/aromatic N) is 1. The summed E-state index contributed by atoms with van der Waals surface area (Å²) < 4.78 is 5.78. The zero-order chi connectivity index (χ0) is 15.5. The lowest BCUT2D eigenvalue weighted by Gasteiger charge is -2.18. The van der Waals surface area contributed by atoms with Crippen LogP contribution in [0.15, 0.2) is 39.6 Å². The van der Waals surface area contributed by atoms with Crippen molar-refractivity contribution in [3.63, 3.8) is 0 Å². The van der Waals surface area contributed by atoms with Crippen molar-refractivity contribution in [1.82, 2.24) is 4.98 Å². The van der Waals surface area contributed by atoms with Crippen molar-refractivity contribution >= 4 is 29.2 Å². The molecule has 0 saturated carbocycles. The topological polar surface area (TPSA) is 65.2 Å². The molecule has 0 fully saturated rings. The van der Waals surface area contributed by atoms with Gasteiger partial charge in [0.15, 0.2) is 0 Å². The van der Waals surface area contributed by atoms with Gasteiger partial charge in [0.1, 0.15) is 11.6 Å². The number of nitrogens with two attached hydrogens (primary N) is 1.